The second-order valence-electron chi connectivity index (χ2n) is 4.80. The molecule has 0 bridgehead atoms. The molecule has 0 saturated carbocycles. The highest BCUT2D eigenvalue weighted by molar-refractivity contribution is 7.10. The van der Waals surface area contributed by atoms with Crippen molar-refractivity contribution in [3.8, 4) is 5.75 Å². The number of carbonyl (C=O) groups excluding carboxylic acids is 2. The normalized spacial score (nSPS) is 11.5. The Kier molecular flexibility index (Phi) is 5.55. The summed E-state index contributed by atoms with van der Waals surface area (Å²) in [6, 6.07) is 10.8. The largest absolute Gasteiger partial charge is 0.484 e. The molecule has 22 heavy (non-hydrogen) atoms. The standard InChI is InChI=1S/C16H18N2O3S/c1-11(15-4-3-9-22-15)17-16(20)10-21-14-7-5-13(6-8-14)18-12(2)19/h3-9,11H,10H2,1-2H3,(H,17,20)(H,18,19)/t11-/m0/s1. The Hall–Kier alpha value is -2.34. The summed E-state index contributed by atoms with van der Waals surface area (Å²) in [6.45, 7) is 3.34. The fourth-order valence-corrected chi connectivity index (χ4v) is 2.61. The quantitative estimate of drug-likeness (QED) is 0.860. The average Bonchev–Trinajstić information content (AvgIpc) is 3.00. The zero-order valence-corrected chi connectivity index (χ0v) is 13.3. The third-order valence-corrected chi connectivity index (χ3v) is 3.95. The molecule has 2 N–H and O–H groups in total. The van der Waals surface area contributed by atoms with Crippen LogP contribution in [0, 0.1) is 0 Å². The van der Waals surface area contributed by atoms with Crippen LogP contribution in [0.2, 0.25) is 0 Å². The van der Waals surface area contributed by atoms with Crippen LogP contribution in [0.25, 0.3) is 0 Å². The SMILES string of the molecule is CC(=O)Nc1ccc(OCC(=O)N[C@@H](C)c2cccs2)cc1. The average molecular weight is 318 g/mol. The summed E-state index contributed by atoms with van der Waals surface area (Å²) in [5, 5.41) is 7.52. The van der Waals surface area contributed by atoms with Crippen LogP contribution in [-0.2, 0) is 9.59 Å². The van der Waals surface area contributed by atoms with Gasteiger partial charge in [-0.15, -0.1) is 11.3 Å². The summed E-state index contributed by atoms with van der Waals surface area (Å²) < 4.78 is 5.42. The fraction of sp³-hybridized carbons (Fsp3) is 0.250. The molecule has 1 aromatic carbocycles. The number of anilines is 1. The van der Waals surface area contributed by atoms with E-state index >= 15 is 0 Å². The molecule has 2 aromatic rings. The predicted molar refractivity (Wildman–Crippen MR) is 87.1 cm³/mol. The summed E-state index contributed by atoms with van der Waals surface area (Å²) >= 11 is 1.60. The smallest absolute Gasteiger partial charge is 0.258 e. The Balaban J connectivity index is 1.79. The molecule has 0 fully saturated rings. The maximum Gasteiger partial charge on any atom is 0.258 e. The number of hydrogen-bond donors (Lipinski definition) is 2. The third-order valence-electron chi connectivity index (χ3n) is 2.89. The number of nitrogens with one attached hydrogen (secondary N) is 2. The maximum atomic E-state index is 11.8. The van der Waals surface area contributed by atoms with Gasteiger partial charge in [0.15, 0.2) is 6.61 Å². The molecule has 1 heterocycles. The number of rotatable bonds is 6. The van der Waals surface area contributed by atoms with Crippen molar-refractivity contribution in [3.63, 3.8) is 0 Å². The molecule has 0 aliphatic rings. The topological polar surface area (TPSA) is 67.4 Å². The molecule has 116 valence electrons. The first kappa shape index (κ1) is 16.0. The van der Waals surface area contributed by atoms with Crippen LogP contribution in [0.1, 0.15) is 24.8 Å². The molecule has 0 spiro atoms. The first-order chi connectivity index (χ1) is 10.5. The zero-order chi connectivity index (χ0) is 15.9. The number of hydrogen-bond acceptors (Lipinski definition) is 4. The third kappa shape index (κ3) is 4.89. The molecule has 0 aliphatic carbocycles. The minimum atomic E-state index is -0.174. The van der Waals surface area contributed by atoms with E-state index in [-0.39, 0.29) is 24.5 Å². The number of amides is 2. The van der Waals surface area contributed by atoms with Crippen LogP contribution >= 0.6 is 11.3 Å². The summed E-state index contributed by atoms with van der Waals surface area (Å²) in [4.78, 5) is 23.9. The van der Waals surface area contributed by atoms with Crippen molar-refractivity contribution in [2.24, 2.45) is 0 Å². The predicted octanol–water partition coefficient (Wildman–Crippen LogP) is 2.96. The first-order valence-corrected chi connectivity index (χ1v) is 7.76. The van der Waals surface area contributed by atoms with Gasteiger partial charge in [-0.05, 0) is 42.6 Å². The second kappa shape index (κ2) is 7.61. The van der Waals surface area contributed by atoms with Gasteiger partial charge in [-0.3, -0.25) is 9.59 Å². The van der Waals surface area contributed by atoms with Gasteiger partial charge in [0.25, 0.3) is 5.91 Å². The van der Waals surface area contributed by atoms with Gasteiger partial charge in [-0.25, -0.2) is 0 Å². The minimum Gasteiger partial charge on any atom is -0.484 e. The lowest BCUT2D eigenvalue weighted by molar-refractivity contribution is -0.123. The van der Waals surface area contributed by atoms with Gasteiger partial charge in [0.1, 0.15) is 5.75 Å². The number of carbonyl (C=O) groups is 2. The fourth-order valence-electron chi connectivity index (χ4n) is 1.88. The Labute approximate surface area is 133 Å². The van der Waals surface area contributed by atoms with Crippen LogP contribution in [0.5, 0.6) is 5.75 Å². The van der Waals surface area contributed by atoms with Crippen LogP contribution in [0.3, 0.4) is 0 Å². The molecule has 0 radical (unpaired) electrons. The highest BCUT2D eigenvalue weighted by atomic mass is 32.1. The van der Waals surface area contributed by atoms with Crippen molar-refractivity contribution < 1.29 is 14.3 Å². The molecule has 0 aliphatic heterocycles. The lowest BCUT2D eigenvalue weighted by atomic mass is 10.3. The van der Waals surface area contributed by atoms with E-state index in [0.29, 0.717) is 11.4 Å². The molecule has 1 atom stereocenters. The number of ether oxygens (including phenoxy) is 1. The highest BCUT2D eigenvalue weighted by Crippen LogP contribution is 2.18. The maximum absolute atomic E-state index is 11.8. The lowest BCUT2D eigenvalue weighted by Crippen LogP contribution is -2.30. The molecular formula is C16H18N2O3S. The monoisotopic (exact) mass is 318 g/mol. The summed E-state index contributed by atoms with van der Waals surface area (Å²) in [5.41, 5.74) is 0.690. The zero-order valence-electron chi connectivity index (χ0n) is 12.5. The van der Waals surface area contributed by atoms with Gasteiger partial charge in [-0.1, -0.05) is 6.07 Å². The molecule has 2 rings (SSSR count). The van der Waals surface area contributed by atoms with Gasteiger partial charge >= 0.3 is 0 Å². The highest BCUT2D eigenvalue weighted by Gasteiger charge is 2.10. The van der Waals surface area contributed by atoms with Gasteiger partial charge in [-0.2, -0.15) is 0 Å². The first-order valence-electron chi connectivity index (χ1n) is 6.88. The summed E-state index contributed by atoms with van der Waals surface area (Å²) in [5.74, 6) is 0.274. The van der Waals surface area contributed by atoms with Gasteiger partial charge in [0.2, 0.25) is 5.91 Å². The van der Waals surface area contributed by atoms with E-state index in [1.54, 1.807) is 35.6 Å². The Bertz CT molecular complexity index is 623. The van der Waals surface area contributed by atoms with Crippen LogP contribution < -0.4 is 15.4 Å². The van der Waals surface area contributed by atoms with Crippen LogP contribution in [-0.4, -0.2) is 18.4 Å². The summed E-state index contributed by atoms with van der Waals surface area (Å²) in [6.07, 6.45) is 0. The van der Waals surface area contributed by atoms with Crippen molar-refractivity contribution in [2.75, 3.05) is 11.9 Å². The Morgan fingerprint density at radius 2 is 1.95 bits per heavy atom. The van der Waals surface area contributed by atoms with Gasteiger partial charge in [0, 0.05) is 17.5 Å². The molecule has 1 aromatic heterocycles. The number of benzene rings is 1. The molecule has 0 unspecified atom stereocenters. The Morgan fingerprint density at radius 1 is 1.23 bits per heavy atom. The van der Waals surface area contributed by atoms with Gasteiger partial charge in [0.05, 0.1) is 6.04 Å². The van der Waals surface area contributed by atoms with Crippen molar-refractivity contribution >= 4 is 28.8 Å². The number of thiophene rings is 1. The van der Waals surface area contributed by atoms with Crippen molar-refractivity contribution in [2.45, 2.75) is 19.9 Å². The lowest BCUT2D eigenvalue weighted by Gasteiger charge is -2.13. The van der Waals surface area contributed by atoms with Crippen LogP contribution in [0.4, 0.5) is 5.69 Å². The van der Waals surface area contributed by atoms with E-state index in [0.717, 1.165) is 4.88 Å². The van der Waals surface area contributed by atoms with Crippen molar-refractivity contribution in [3.05, 3.63) is 46.7 Å². The molecule has 6 heteroatoms. The molecular weight excluding hydrogens is 300 g/mol. The molecule has 0 saturated heterocycles. The molecule has 5 nitrogen and oxygen atoms in total. The van der Waals surface area contributed by atoms with E-state index in [2.05, 4.69) is 10.6 Å². The van der Waals surface area contributed by atoms with Crippen LogP contribution in [0.15, 0.2) is 41.8 Å². The second-order valence-corrected chi connectivity index (χ2v) is 5.78. The van der Waals surface area contributed by atoms with E-state index in [4.69, 9.17) is 4.74 Å². The minimum absolute atomic E-state index is 0.0294. The van der Waals surface area contributed by atoms with E-state index < -0.39 is 0 Å². The summed E-state index contributed by atoms with van der Waals surface area (Å²) in [7, 11) is 0. The van der Waals surface area contributed by atoms with E-state index in [9.17, 15) is 9.59 Å². The van der Waals surface area contributed by atoms with E-state index in [1.807, 2.05) is 24.4 Å². The van der Waals surface area contributed by atoms with Crippen molar-refractivity contribution in [1.29, 1.82) is 0 Å². The Morgan fingerprint density at radius 3 is 2.55 bits per heavy atom. The molecule has 2 amide bonds. The van der Waals surface area contributed by atoms with E-state index in [1.165, 1.54) is 6.92 Å². The van der Waals surface area contributed by atoms with Crippen molar-refractivity contribution in [1.82, 2.24) is 5.32 Å². The van der Waals surface area contributed by atoms with Gasteiger partial charge < -0.3 is 15.4 Å².